The van der Waals surface area contributed by atoms with Gasteiger partial charge in [0.1, 0.15) is 0 Å². The molecule has 0 aromatic carbocycles. The van der Waals surface area contributed by atoms with Gasteiger partial charge in [-0.25, -0.2) is 9.50 Å². The van der Waals surface area contributed by atoms with Gasteiger partial charge in [0.05, 0.1) is 6.42 Å². The standard InChI is InChI=1S/C19H30N6OS/c1-12-8-13(2)11-24(10-12)7-6-20-17(26)9-16-14(3)21-18-22-19(27-5)23-25(18)15(16)4/h12-13H,6-11H2,1-5H3,(H,20,26)/t12-,13-/m1/s1. The molecule has 0 aliphatic carbocycles. The van der Waals surface area contributed by atoms with E-state index in [2.05, 4.69) is 39.1 Å². The Kier molecular flexibility index (Phi) is 6.37. The maximum Gasteiger partial charge on any atom is 0.253 e. The molecule has 2 atom stereocenters. The van der Waals surface area contributed by atoms with Gasteiger partial charge in [0.15, 0.2) is 0 Å². The van der Waals surface area contributed by atoms with Gasteiger partial charge in [-0.15, -0.1) is 5.10 Å². The number of hydrogen-bond acceptors (Lipinski definition) is 6. The first-order valence-electron chi connectivity index (χ1n) is 9.63. The topological polar surface area (TPSA) is 75.4 Å². The van der Waals surface area contributed by atoms with Crippen LogP contribution < -0.4 is 5.32 Å². The first kappa shape index (κ1) is 20.1. The van der Waals surface area contributed by atoms with Crippen molar-refractivity contribution in [2.24, 2.45) is 11.8 Å². The predicted octanol–water partition coefficient (Wildman–Crippen LogP) is 2.10. The van der Waals surface area contributed by atoms with Crippen molar-refractivity contribution in [2.45, 2.75) is 45.7 Å². The first-order valence-corrected chi connectivity index (χ1v) is 10.9. The molecule has 0 saturated carbocycles. The second-order valence-corrected chi connectivity index (χ2v) is 8.58. The van der Waals surface area contributed by atoms with Crippen LogP contribution in [0.3, 0.4) is 0 Å². The van der Waals surface area contributed by atoms with E-state index >= 15 is 0 Å². The molecule has 1 aliphatic rings. The largest absolute Gasteiger partial charge is 0.355 e. The van der Waals surface area contributed by atoms with Gasteiger partial charge in [-0.3, -0.25) is 4.79 Å². The number of carbonyl (C=O) groups is 1. The minimum Gasteiger partial charge on any atom is -0.355 e. The number of aryl methyl sites for hydroxylation is 2. The third-order valence-corrected chi connectivity index (χ3v) is 5.78. The summed E-state index contributed by atoms with van der Waals surface area (Å²) in [6.45, 7) is 12.4. The highest BCUT2D eigenvalue weighted by molar-refractivity contribution is 7.98. The quantitative estimate of drug-likeness (QED) is 0.762. The number of fused-ring (bicyclic) bond motifs is 1. The van der Waals surface area contributed by atoms with Crippen molar-refractivity contribution in [1.29, 1.82) is 0 Å². The van der Waals surface area contributed by atoms with E-state index in [4.69, 9.17) is 0 Å². The average molecular weight is 391 g/mol. The lowest BCUT2D eigenvalue weighted by atomic mass is 9.92. The molecule has 148 valence electrons. The molecular weight excluding hydrogens is 360 g/mol. The van der Waals surface area contributed by atoms with Gasteiger partial charge in [0.2, 0.25) is 11.1 Å². The summed E-state index contributed by atoms with van der Waals surface area (Å²) in [5, 5.41) is 8.21. The van der Waals surface area contributed by atoms with Crippen LogP contribution in [0.5, 0.6) is 0 Å². The van der Waals surface area contributed by atoms with Crippen molar-refractivity contribution in [3.8, 4) is 0 Å². The maximum absolute atomic E-state index is 12.5. The van der Waals surface area contributed by atoms with Crippen LogP contribution in [0.4, 0.5) is 0 Å². The number of piperidine rings is 1. The fourth-order valence-corrected chi connectivity index (χ4v) is 4.42. The third kappa shape index (κ3) is 4.79. The zero-order chi connectivity index (χ0) is 19.6. The second-order valence-electron chi connectivity index (χ2n) is 7.80. The molecule has 8 heteroatoms. The van der Waals surface area contributed by atoms with Crippen molar-refractivity contribution in [3.05, 3.63) is 17.0 Å². The molecule has 1 saturated heterocycles. The molecular formula is C19H30N6OS. The number of nitrogens with zero attached hydrogens (tertiary/aromatic N) is 5. The number of likely N-dealkylation sites (tertiary alicyclic amines) is 1. The molecule has 1 amide bonds. The van der Waals surface area contributed by atoms with Crippen molar-refractivity contribution in [1.82, 2.24) is 29.8 Å². The summed E-state index contributed by atoms with van der Waals surface area (Å²) in [5.74, 6) is 2.10. The third-order valence-electron chi connectivity index (χ3n) is 5.24. The van der Waals surface area contributed by atoms with Gasteiger partial charge < -0.3 is 10.2 Å². The summed E-state index contributed by atoms with van der Waals surface area (Å²) >= 11 is 1.49. The van der Waals surface area contributed by atoms with E-state index in [1.54, 1.807) is 4.52 Å². The summed E-state index contributed by atoms with van der Waals surface area (Å²) in [5.41, 5.74) is 2.70. The van der Waals surface area contributed by atoms with Gasteiger partial charge in [0.25, 0.3) is 5.78 Å². The van der Waals surface area contributed by atoms with E-state index in [0.29, 0.717) is 23.9 Å². The minimum atomic E-state index is 0.0330. The number of hydrogen-bond donors (Lipinski definition) is 1. The van der Waals surface area contributed by atoms with Gasteiger partial charge in [-0.05, 0) is 38.4 Å². The highest BCUT2D eigenvalue weighted by Crippen LogP contribution is 2.20. The average Bonchev–Trinajstić information content (AvgIpc) is 3.01. The van der Waals surface area contributed by atoms with Crippen LogP contribution in [0.2, 0.25) is 0 Å². The molecule has 2 aromatic heterocycles. The summed E-state index contributed by atoms with van der Waals surface area (Å²) in [6, 6.07) is 0. The van der Waals surface area contributed by atoms with E-state index in [9.17, 15) is 4.79 Å². The van der Waals surface area contributed by atoms with Gasteiger partial charge in [-0.2, -0.15) is 4.98 Å². The summed E-state index contributed by atoms with van der Waals surface area (Å²) in [7, 11) is 0. The van der Waals surface area contributed by atoms with Crippen molar-refractivity contribution in [3.63, 3.8) is 0 Å². The molecule has 1 fully saturated rings. The SMILES string of the molecule is CSc1nc2nc(C)c(CC(=O)NCCN3C[C@H](C)C[C@@H](C)C3)c(C)n2n1. The van der Waals surface area contributed by atoms with Crippen LogP contribution in [-0.2, 0) is 11.2 Å². The Bertz CT molecular complexity index is 810. The lowest BCUT2D eigenvalue weighted by Gasteiger charge is -2.34. The van der Waals surface area contributed by atoms with Gasteiger partial charge in [-0.1, -0.05) is 25.6 Å². The van der Waals surface area contributed by atoms with E-state index in [0.717, 1.165) is 48.4 Å². The Morgan fingerprint density at radius 2 is 1.93 bits per heavy atom. The molecule has 3 rings (SSSR count). The van der Waals surface area contributed by atoms with Crippen LogP contribution in [0.1, 0.15) is 37.2 Å². The van der Waals surface area contributed by atoms with Crippen LogP contribution in [0, 0.1) is 25.7 Å². The Morgan fingerprint density at radius 3 is 2.59 bits per heavy atom. The summed E-state index contributed by atoms with van der Waals surface area (Å²) in [6.07, 6.45) is 3.56. The predicted molar refractivity (Wildman–Crippen MR) is 108 cm³/mol. The lowest BCUT2D eigenvalue weighted by molar-refractivity contribution is -0.120. The van der Waals surface area contributed by atoms with Crippen LogP contribution >= 0.6 is 11.8 Å². The number of amides is 1. The number of carbonyl (C=O) groups excluding carboxylic acids is 1. The van der Waals surface area contributed by atoms with Crippen LogP contribution in [0.25, 0.3) is 5.78 Å². The normalized spacial score (nSPS) is 20.9. The molecule has 3 heterocycles. The monoisotopic (exact) mass is 390 g/mol. The van der Waals surface area contributed by atoms with Crippen LogP contribution in [0.15, 0.2) is 5.16 Å². The smallest absolute Gasteiger partial charge is 0.253 e. The Balaban J connectivity index is 1.59. The summed E-state index contributed by atoms with van der Waals surface area (Å²) in [4.78, 5) is 23.8. The fourth-order valence-electron chi connectivity index (χ4n) is 4.08. The number of rotatable bonds is 6. The minimum absolute atomic E-state index is 0.0330. The molecule has 0 radical (unpaired) electrons. The van der Waals surface area contributed by atoms with Crippen molar-refractivity contribution >= 4 is 23.4 Å². The highest BCUT2D eigenvalue weighted by Gasteiger charge is 2.21. The zero-order valence-electron chi connectivity index (χ0n) is 16.9. The molecule has 2 aromatic rings. The Hall–Kier alpha value is -1.67. The fraction of sp³-hybridized carbons (Fsp3) is 0.684. The lowest BCUT2D eigenvalue weighted by Crippen LogP contribution is -2.43. The Labute approximate surface area is 165 Å². The molecule has 7 nitrogen and oxygen atoms in total. The molecule has 1 N–H and O–H groups in total. The number of aromatic nitrogens is 4. The number of thioether (sulfide) groups is 1. The van der Waals surface area contributed by atoms with E-state index in [1.165, 1.54) is 18.2 Å². The van der Waals surface area contributed by atoms with E-state index < -0.39 is 0 Å². The zero-order valence-corrected chi connectivity index (χ0v) is 17.8. The highest BCUT2D eigenvalue weighted by atomic mass is 32.2. The van der Waals surface area contributed by atoms with E-state index in [1.807, 2.05) is 20.1 Å². The molecule has 0 spiro atoms. The molecule has 27 heavy (non-hydrogen) atoms. The first-order chi connectivity index (χ1) is 12.9. The molecule has 0 unspecified atom stereocenters. The molecule has 1 aliphatic heterocycles. The Morgan fingerprint density at radius 1 is 1.22 bits per heavy atom. The van der Waals surface area contributed by atoms with Gasteiger partial charge in [0, 0.05) is 43.1 Å². The number of nitrogens with one attached hydrogen (secondary N) is 1. The van der Waals surface area contributed by atoms with Gasteiger partial charge >= 0.3 is 0 Å². The van der Waals surface area contributed by atoms with Crippen molar-refractivity contribution < 1.29 is 4.79 Å². The van der Waals surface area contributed by atoms with Crippen molar-refractivity contribution in [2.75, 3.05) is 32.4 Å². The second kappa shape index (κ2) is 8.56. The maximum atomic E-state index is 12.5. The summed E-state index contributed by atoms with van der Waals surface area (Å²) < 4.78 is 1.73. The van der Waals surface area contributed by atoms with E-state index in [-0.39, 0.29) is 5.91 Å². The molecule has 0 bridgehead atoms. The van der Waals surface area contributed by atoms with Crippen LogP contribution in [-0.4, -0.2) is 62.8 Å².